The molecule has 1 amide bonds. The van der Waals surface area contributed by atoms with E-state index in [4.69, 9.17) is 0 Å². The van der Waals surface area contributed by atoms with Gasteiger partial charge in [0, 0.05) is 12.1 Å². The first-order valence-corrected chi connectivity index (χ1v) is 4.60. The van der Waals surface area contributed by atoms with E-state index in [1.165, 1.54) is 0 Å². The molecule has 2 nitrogen and oxygen atoms in total. The van der Waals surface area contributed by atoms with E-state index in [0.717, 1.165) is 6.42 Å². The first kappa shape index (κ1) is 10.2. The van der Waals surface area contributed by atoms with Gasteiger partial charge in [-0.1, -0.05) is 0 Å². The van der Waals surface area contributed by atoms with E-state index >= 15 is 0 Å². The first-order valence-electron chi connectivity index (χ1n) is 4.60. The number of hydrogen-bond donors (Lipinski definition) is 0. The van der Waals surface area contributed by atoms with Crippen LogP contribution >= 0.6 is 0 Å². The first-order chi connectivity index (χ1) is 5.95. The largest absolute Gasteiger partial charge is 0.331 e. The quantitative estimate of drug-likeness (QED) is 0.574. The molecule has 1 aliphatic heterocycles. The molecule has 0 aromatic rings. The monoisotopic (exact) mass is 185 g/mol. The summed E-state index contributed by atoms with van der Waals surface area (Å²) in [5.41, 5.74) is 0.455. The highest BCUT2D eigenvalue weighted by atomic mass is 19.1. The van der Waals surface area contributed by atoms with Gasteiger partial charge in [0.05, 0.1) is 0 Å². The second kappa shape index (κ2) is 3.48. The summed E-state index contributed by atoms with van der Waals surface area (Å²) in [6.07, 6.45) is 0.974. The number of amides is 1. The number of rotatable bonds is 1. The number of carbonyl (C=O) groups excluding carboxylic acids is 1. The topological polar surface area (TPSA) is 20.3 Å². The Morgan fingerprint density at radius 2 is 1.77 bits per heavy atom. The molecule has 74 valence electrons. The maximum absolute atomic E-state index is 13.2. The van der Waals surface area contributed by atoms with Gasteiger partial charge in [-0.15, -0.1) is 0 Å². The van der Waals surface area contributed by atoms with Crippen LogP contribution in [0.2, 0.25) is 0 Å². The van der Waals surface area contributed by atoms with Gasteiger partial charge in [0.25, 0.3) is 5.91 Å². The second-order valence-corrected chi connectivity index (χ2v) is 3.96. The number of likely N-dealkylation sites (tertiary alicyclic amines) is 1. The summed E-state index contributed by atoms with van der Waals surface area (Å²) in [4.78, 5) is 13.1. The van der Waals surface area contributed by atoms with Gasteiger partial charge in [0.15, 0.2) is 5.83 Å². The zero-order valence-corrected chi connectivity index (χ0v) is 8.60. The fourth-order valence-corrected chi connectivity index (χ4v) is 1.74. The minimum Gasteiger partial charge on any atom is -0.331 e. The van der Waals surface area contributed by atoms with Crippen LogP contribution in [0.1, 0.15) is 34.1 Å². The van der Waals surface area contributed by atoms with Gasteiger partial charge in [0.1, 0.15) is 0 Å². The third-order valence-electron chi connectivity index (χ3n) is 2.49. The predicted octanol–water partition coefficient (Wildman–Crippen LogP) is 2.26. The summed E-state index contributed by atoms with van der Waals surface area (Å²) >= 11 is 0. The third kappa shape index (κ3) is 1.74. The van der Waals surface area contributed by atoms with Crippen molar-refractivity contribution in [3.8, 4) is 0 Å². The van der Waals surface area contributed by atoms with Crippen LogP contribution < -0.4 is 0 Å². The van der Waals surface area contributed by atoms with Gasteiger partial charge in [-0.2, -0.15) is 0 Å². The summed E-state index contributed by atoms with van der Waals surface area (Å²) in [5.74, 6) is -1.05. The minimum absolute atomic E-state index is 0.188. The van der Waals surface area contributed by atoms with E-state index in [1.54, 1.807) is 18.7 Å². The van der Waals surface area contributed by atoms with Crippen molar-refractivity contribution < 1.29 is 9.18 Å². The highest BCUT2D eigenvalue weighted by molar-refractivity contribution is 5.92. The Bertz CT molecular complexity index is 248. The lowest BCUT2D eigenvalue weighted by molar-refractivity contribution is -0.140. The molecule has 0 aromatic carbocycles. The summed E-state index contributed by atoms with van der Waals surface area (Å²) in [7, 11) is 0. The SMILES string of the molecule is CC(C)=C(F)C(=O)N1C(C)CC1C. The van der Waals surface area contributed by atoms with Crippen LogP contribution in [0.5, 0.6) is 0 Å². The van der Waals surface area contributed by atoms with Crippen LogP contribution in [0.15, 0.2) is 11.4 Å². The molecular weight excluding hydrogens is 169 g/mol. The van der Waals surface area contributed by atoms with Crippen LogP contribution in [0.25, 0.3) is 0 Å². The molecule has 13 heavy (non-hydrogen) atoms. The standard InChI is InChI=1S/C10H16FNO/c1-6(2)9(11)10(13)12-7(3)5-8(12)4/h7-8H,5H2,1-4H3. The number of halogens is 1. The predicted molar refractivity (Wildman–Crippen MR) is 49.9 cm³/mol. The zero-order valence-electron chi connectivity index (χ0n) is 8.60. The summed E-state index contributed by atoms with van der Waals surface area (Å²) in [5, 5.41) is 0. The average Bonchev–Trinajstić information content (AvgIpc) is 2.02. The van der Waals surface area contributed by atoms with Crippen LogP contribution in [0.4, 0.5) is 4.39 Å². The smallest absolute Gasteiger partial charge is 0.283 e. The van der Waals surface area contributed by atoms with E-state index in [1.807, 2.05) is 13.8 Å². The molecule has 3 heteroatoms. The van der Waals surface area contributed by atoms with Gasteiger partial charge in [-0.05, 0) is 39.7 Å². The molecular formula is C10H16FNO. The van der Waals surface area contributed by atoms with Crippen LogP contribution in [0, 0.1) is 0 Å². The molecule has 1 heterocycles. The van der Waals surface area contributed by atoms with Crippen LogP contribution in [-0.2, 0) is 4.79 Å². The van der Waals surface area contributed by atoms with Crippen LogP contribution in [-0.4, -0.2) is 22.9 Å². The molecule has 0 N–H and O–H groups in total. The van der Waals surface area contributed by atoms with Crippen molar-refractivity contribution >= 4 is 5.91 Å². The molecule has 0 saturated carbocycles. The van der Waals surface area contributed by atoms with E-state index in [2.05, 4.69) is 0 Å². The van der Waals surface area contributed by atoms with Crippen molar-refractivity contribution in [2.75, 3.05) is 0 Å². The van der Waals surface area contributed by atoms with E-state index < -0.39 is 11.7 Å². The molecule has 1 fully saturated rings. The van der Waals surface area contributed by atoms with Crippen molar-refractivity contribution in [1.29, 1.82) is 0 Å². The fourth-order valence-electron chi connectivity index (χ4n) is 1.74. The Labute approximate surface area is 78.4 Å². The van der Waals surface area contributed by atoms with Crippen LogP contribution in [0.3, 0.4) is 0 Å². The van der Waals surface area contributed by atoms with E-state index in [0.29, 0.717) is 5.57 Å². The molecule has 1 aliphatic rings. The molecule has 2 atom stereocenters. The van der Waals surface area contributed by atoms with Gasteiger partial charge >= 0.3 is 0 Å². The zero-order chi connectivity index (χ0) is 10.2. The van der Waals surface area contributed by atoms with E-state index in [9.17, 15) is 9.18 Å². The average molecular weight is 185 g/mol. The molecule has 0 radical (unpaired) electrons. The van der Waals surface area contributed by atoms with Crippen molar-refractivity contribution in [3.63, 3.8) is 0 Å². The summed E-state index contributed by atoms with van der Waals surface area (Å²) in [6.45, 7) is 7.11. The lowest BCUT2D eigenvalue weighted by atomic mass is 9.95. The molecule has 0 bridgehead atoms. The molecule has 1 rings (SSSR count). The summed E-state index contributed by atoms with van der Waals surface area (Å²) < 4.78 is 13.2. The highest BCUT2D eigenvalue weighted by Gasteiger charge is 2.37. The van der Waals surface area contributed by atoms with Gasteiger partial charge < -0.3 is 4.90 Å². The Balaban J connectivity index is 2.74. The summed E-state index contributed by atoms with van der Waals surface area (Å²) in [6, 6.07) is 0.375. The molecule has 0 aromatic heterocycles. The minimum atomic E-state index is -0.599. The molecule has 0 aliphatic carbocycles. The van der Waals surface area contributed by atoms with Gasteiger partial charge in [-0.3, -0.25) is 4.79 Å². The van der Waals surface area contributed by atoms with Crippen molar-refractivity contribution in [1.82, 2.24) is 4.90 Å². The van der Waals surface area contributed by atoms with Crippen molar-refractivity contribution in [3.05, 3.63) is 11.4 Å². The lowest BCUT2D eigenvalue weighted by Crippen LogP contribution is -2.56. The maximum Gasteiger partial charge on any atom is 0.283 e. The number of hydrogen-bond acceptors (Lipinski definition) is 1. The third-order valence-corrected chi connectivity index (χ3v) is 2.49. The molecule has 1 saturated heterocycles. The fraction of sp³-hybridized carbons (Fsp3) is 0.700. The second-order valence-electron chi connectivity index (χ2n) is 3.96. The van der Waals surface area contributed by atoms with Crippen molar-refractivity contribution in [2.24, 2.45) is 0 Å². The van der Waals surface area contributed by atoms with Gasteiger partial charge in [-0.25, -0.2) is 4.39 Å². The lowest BCUT2D eigenvalue weighted by Gasteiger charge is -2.45. The Morgan fingerprint density at radius 3 is 2.08 bits per heavy atom. The Hall–Kier alpha value is -0.860. The number of carbonyl (C=O) groups is 1. The van der Waals surface area contributed by atoms with Gasteiger partial charge in [0.2, 0.25) is 0 Å². The highest BCUT2D eigenvalue weighted by Crippen LogP contribution is 2.27. The Kier molecular flexibility index (Phi) is 2.74. The normalized spacial score (nSPS) is 26.7. The molecule has 2 unspecified atom stereocenters. The van der Waals surface area contributed by atoms with E-state index in [-0.39, 0.29) is 12.1 Å². The maximum atomic E-state index is 13.2. The number of allylic oxidation sites excluding steroid dienone is 1. The Morgan fingerprint density at radius 1 is 1.31 bits per heavy atom. The molecule has 0 spiro atoms. The number of nitrogens with zero attached hydrogens (tertiary/aromatic N) is 1. The van der Waals surface area contributed by atoms with Crippen molar-refractivity contribution in [2.45, 2.75) is 46.2 Å².